The van der Waals surface area contributed by atoms with Crippen molar-refractivity contribution in [1.29, 1.82) is 0 Å². The maximum atomic E-state index is 6.35. The summed E-state index contributed by atoms with van der Waals surface area (Å²) in [7, 11) is 0. The molecule has 0 fully saturated rings. The number of aryl methyl sites for hydroxylation is 3. The van der Waals surface area contributed by atoms with Crippen LogP contribution in [0.25, 0.3) is 0 Å². The Labute approximate surface area is 114 Å². The van der Waals surface area contributed by atoms with Crippen molar-refractivity contribution in [3.63, 3.8) is 0 Å². The Hall–Kier alpha value is -1.67. The van der Waals surface area contributed by atoms with Gasteiger partial charge in [-0.15, -0.1) is 0 Å². The number of hydrogen-bond acceptors (Lipinski definition) is 2. The second-order valence-electron chi connectivity index (χ2n) is 5.46. The molecule has 2 nitrogen and oxygen atoms in total. The summed E-state index contributed by atoms with van der Waals surface area (Å²) in [6, 6.07) is 10.8. The molecular weight excluding hydrogens is 232 g/mol. The number of nitrogens with two attached hydrogens (primary N) is 1. The average molecular weight is 252 g/mol. The lowest BCUT2D eigenvalue weighted by atomic mass is 9.97. The zero-order chi connectivity index (χ0) is 13.2. The van der Waals surface area contributed by atoms with Crippen molar-refractivity contribution in [1.82, 2.24) is 4.98 Å². The molecule has 1 aliphatic carbocycles. The average Bonchev–Trinajstić information content (AvgIpc) is 2.88. The maximum Gasteiger partial charge on any atom is 0.0451 e. The van der Waals surface area contributed by atoms with E-state index in [0.717, 1.165) is 12.1 Å². The predicted molar refractivity (Wildman–Crippen MR) is 78.1 cm³/mol. The minimum absolute atomic E-state index is 0.0412. The summed E-state index contributed by atoms with van der Waals surface area (Å²) in [5.74, 6) is 0. The first-order valence-electron chi connectivity index (χ1n) is 7.02. The van der Waals surface area contributed by atoms with Gasteiger partial charge < -0.3 is 5.73 Å². The minimum Gasteiger partial charge on any atom is -0.324 e. The van der Waals surface area contributed by atoms with Gasteiger partial charge in [-0.25, -0.2) is 0 Å². The van der Waals surface area contributed by atoms with Crippen LogP contribution in [0.2, 0.25) is 0 Å². The molecule has 1 aromatic carbocycles. The van der Waals surface area contributed by atoms with Gasteiger partial charge in [-0.2, -0.15) is 0 Å². The minimum atomic E-state index is 0.0412. The zero-order valence-electron chi connectivity index (χ0n) is 11.4. The van der Waals surface area contributed by atoms with E-state index in [9.17, 15) is 0 Å². The first-order chi connectivity index (χ1) is 9.24. The van der Waals surface area contributed by atoms with Gasteiger partial charge >= 0.3 is 0 Å². The van der Waals surface area contributed by atoms with Gasteiger partial charge in [0, 0.05) is 24.4 Å². The number of hydrogen-bond donors (Lipinski definition) is 1. The van der Waals surface area contributed by atoms with Gasteiger partial charge in [-0.3, -0.25) is 4.98 Å². The highest BCUT2D eigenvalue weighted by Gasteiger charge is 2.14. The van der Waals surface area contributed by atoms with E-state index in [4.69, 9.17) is 5.73 Å². The van der Waals surface area contributed by atoms with E-state index < -0.39 is 0 Å². The van der Waals surface area contributed by atoms with Crippen LogP contribution in [0.3, 0.4) is 0 Å². The number of nitrogens with zero attached hydrogens (tertiary/aromatic N) is 1. The van der Waals surface area contributed by atoms with E-state index in [-0.39, 0.29) is 6.04 Å². The number of benzene rings is 1. The molecule has 1 aromatic heterocycles. The molecule has 1 atom stereocenters. The van der Waals surface area contributed by atoms with Crippen molar-refractivity contribution in [2.24, 2.45) is 5.73 Å². The fourth-order valence-corrected chi connectivity index (χ4v) is 2.88. The van der Waals surface area contributed by atoms with E-state index in [1.807, 2.05) is 12.3 Å². The van der Waals surface area contributed by atoms with Crippen LogP contribution >= 0.6 is 0 Å². The first kappa shape index (κ1) is 12.4. The van der Waals surface area contributed by atoms with Gasteiger partial charge in [0.2, 0.25) is 0 Å². The summed E-state index contributed by atoms with van der Waals surface area (Å²) in [4.78, 5) is 4.44. The Bertz CT molecular complexity index is 590. The highest BCUT2D eigenvalue weighted by molar-refractivity contribution is 5.37. The smallest absolute Gasteiger partial charge is 0.0451 e. The Morgan fingerprint density at radius 3 is 2.89 bits per heavy atom. The summed E-state index contributed by atoms with van der Waals surface area (Å²) in [5, 5.41) is 0. The van der Waals surface area contributed by atoms with Crippen LogP contribution in [-0.2, 0) is 19.3 Å². The van der Waals surface area contributed by atoms with Gasteiger partial charge in [0.05, 0.1) is 0 Å². The Kier molecular flexibility index (Phi) is 3.34. The molecule has 2 heteroatoms. The van der Waals surface area contributed by atoms with Crippen LogP contribution in [0.4, 0.5) is 0 Å². The maximum absolute atomic E-state index is 6.35. The van der Waals surface area contributed by atoms with Gasteiger partial charge in [0.25, 0.3) is 0 Å². The molecule has 19 heavy (non-hydrogen) atoms. The number of aromatic nitrogens is 1. The molecule has 1 aliphatic rings. The summed E-state index contributed by atoms with van der Waals surface area (Å²) < 4.78 is 0. The molecule has 3 rings (SSSR count). The van der Waals surface area contributed by atoms with Crippen LogP contribution in [0, 0.1) is 6.92 Å². The van der Waals surface area contributed by atoms with Crippen molar-refractivity contribution >= 4 is 0 Å². The number of fused-ring (bicyclic) bond motifs is 1. The molecule has 1 unspecified atom stereocenters. The Balaban J connectivity index is 1.81. The van der Waals surface area contributed by atoms with Crippen LogP contribution in [-0.4, -0.2) is 4.98 Å². The van der Waals surface area contributed by atoms with Crippen LogP contribution in [0.1, 0.15) is 40.4 Å². The second-order valence-corrected chi connectivity index (χ2v) is 5.46. The standard InChI is InChI=1S/C17H20N2/c1-12-4-3-9-19-17(12)11-16(18)15-8-7-13-5-2-6-14(13)10-15/h3-4,7-10,16H,2,5-6,11,18H2,1H3. The van der Waals surface area contributed by atoms with Crippen molar-refractivity contribution in [3.8, 4) is 0 Å². The topological polar surface area (TPSA) is 38.9 Å². The molecule has 98 valence electrons. The second kappa shape index (κ2) is 5.14. The highest BCUT2D eigenvalue weighted by Crippen LogP contribution is 2.26. The highest BCUT2D eigenvalue weighted by atomic mass is 14.7. The lowest BCUT2D eigenvalue weighted by Crippen LogP contribution is -2.15. The largest absolute Gasteiger partial charge is 0.324 e. The summed E-state index contributed by atoms with van der Waals surface area (Å²) in [6.45, 7) is 2.09. The van der Waals surface area contributed by atoms with Gasteiger partial charge in [-0.05, 0) is 54.5 Å². The summed E-state index contributed by atoms with van der Waals surface area (Å²) in [5.41, 5.74) is 12.9. The molecule has 1 heterocycles. The van der Waals surface area contributed by atoms with Gasteiger partial charge in [0.1, 0.15) is 0 Å². The van der Waals surface area contributed by atoms with Crippen LogP contribution < -0.4 is 5.73 Å². The lowest BCUT2D eigenvalue weighted by Gasteiger charge is -2.14. The molecule has 0 spiro atoms. The van der Waals surface area contributed by atoms with Crippen molar-refractivity contribution in [2.45, 2.75) is 38.6 Å². The zero-order valence-corrected chi connectivity index (χ0v) is 11.4. The van der Waals surface area contributed by atoms with Gasteiger partial charge in [-0.1, -0.05) is 24.3 Å². The third kappa shape index (κ3) is 2.54. The molecule has 0 bridgehead atoms. The van der Waals surface area contributed by atoms with E-state index in [0.29, 0.717) is 0 Å². The third-order valence-corrected chi connectivity index (χ3v) is 4.08. The molecule has 2 N–H and O–H groups in total. The first-order valence-corrected chi connectivity index (χ1v) is 7.02. The molecule has 0 radical (unpaired) electrons. The Morgan fingerprint density at radius 2 is 2.05 bits per heavy atom. The normalized spacial score (nSPS) is 15.3. The lowest BCUT2D eigenvalue weighted by molar-refractivity contribution is 0.701. The summed E-state index contributed by atoms with van der Waals surface area (Å²) >= 11 is 0. The van der Waals surface area contributed by atoms with E-state index >= 15 is 0 Å². The van der Waals surface area contributed by atoms with Crippen molar-refractivity contribution in [2.75, 3.05) is 0 Å². The molecule has 0 amide bonds. The predicted octanol–water partition coefficient (Wildman–Crippen LogP) is 3.12. The Morgan fingerprint density at radius 1 is 1.21 bits per heavy atom. The fourth-order valence-electron chi connectivity index (χ4n) is 2.88. The van der Waals surface area contributed by atoms with E-state index in [1.54, 1.807) is 0 Å². The fraction of sp³-hybridized carbons (Fsp3) is 0.353. The molecule has 2 aromatic rings. The van der Waals surface area contributed by atoms with Crippen molar-refractivity contribution < 1.29 is 0 Å². The SMILES string of the molecule is Cc1cccnc1CC(N)c1ccc2c(c1)CCC2. The summed E-state index contributed by atoms with van der Waals surface area (Å²) in [6.07, 6.45) is 6.37. The monoisotopic (exact) mass is 252 g/mol. The van der Waals surface area contributed by atoms with E-state index in [1.165, 1.54) is 41.5 Å². The quantitative estimate of drug-likeness (QED) is 0.911. The molecule has 0 saturated heterocycles. The third-order valence-electron chi connectivity index (χ3n) is 4.08. The molecule has 0 saturated carbocycles. The molecule has 0 aliphatic heterocycles. The van der Waals surface area contributed by atoms with Crippen LogP contribution in [0.5, 0.6) is 0 Å². The van der Waals surface area contributed by atoms with Gasteiger partial charge in [0.15, 0.2) is 0 Å². The van der Waals surface area contributed by atoms with Crippen molar-refractivity contribution in [3.05, 3.63) is 64.5 Å². The molecular formula is C17H20N2. The number of rotatable bonds is 3. The number of pyridine rings is 1. The van der Waals surface area contributed by atoms with Crippen LogP contribution in [0.15, 0.2) is 36.5 Å². The van der Waals surface area contributed by atoms with E-state index in [2.05, 4.69) is 36.2 Å².